The van der Waals surface area contributed by atoms with Crippen molar-refractivity contribution in [3.63, 3.8) is 0 Å². The molecule has 1 saturated carbocycles. The van der Waals surface area contributed by atoms with Crippen LogP contribution < -0.4 is 5.32 Å². The highest BCUT2D eigenvalue weighted by molar-refractivity contribution is 5.34. The smallest absolute Gasteiger partial charge is 0.126 e. The van der Waals surface area contributed by atoms with Crippen molar-refractivity contribution in [1.82, 2.24) is 5.32 Å². The Morgan fingerprint density at radius 3 is 2.67 bits per heavy atom. The Kier molecular flexibility index (Phi) is 3.91. The number of aromatic hydroxyl groups is 1. The highest BCUT2D eigenvalue weighted by Crippen LogP contribution is 2.37. The van der Waals surface area contributed by atoms with E-state index in [0.717, 1.165) is 12.1 Å². The molecule has 1 aromatic rings. The van der Waals surface area contributed by atoms with E-state index in [1.165, 1.54) is 37.8 Å². The molecule has 1 aliphatic rings. The van der Waals surface area contributed by atoms with Crippen LogP contribution in [0.3, 0.4) is 0 Å². The summed E-state index contributed by atoms with van der Waals surface area (Å²) in [6, 6.07) is 4.26. The molecule has 0 amide bonds. The van der Waals surface area contributed by atoms with E-state index in [1.54, 1.807) is 6.07 Å². The first-order chi connectivity index (χ1) is 8.50. The summed E-state index contributed by atoms with van der Waals surface area (Å²) in [7, 11) is 0. The van der Waals surface area contributed by atoms with Gasteiger partial charge in [-0.1, -0.05) is 25.8 Å². The maximum Gasteiger partial charge on any atom is 0.126 e. The molecular formula is C15H22FNO. The molecule has 100 valence electrons. The molecule has 0 aromatic heterocycles. The number of phenolic OH excluding ortho intramolecular Hbond substituents is 1. The summed E-state index contributed by atoms with van der Waals surface area (Å²) < 4.78 is 12.9. The van der Waals surface area contributed by atoms with Crippen molar-refractivity contribution in [2.75, 3.05) is 6.54 Å². The first kappa shape index (κ1) is 13.3. The van der Waals surface area contributed by atoms with Crippen LogP contribution in [0.4, 0.5) is 4.39 Å². The second-order valence-corrected chi connectivity index (χ2v) is 5.82. The van der Waals surface area contributed by atoms with E-state index >= 15 is 0 Å². The fourth-order valence-electron chi connectivity index (χ4n) is 2.80. The van der Waals surface area contributed by atoms with Gasteiger partial charge in [-0.15, -0.1) is 0 Å². The maximum atomic E-state index is 12.9. The predicted octanol–water partition coefficient (Wildman–Crippen LogP) is 3.76. The van der Waals surface area contributed by atoms with E-state index in [1.807, 2.05) is 6.92 Å². The third-order valence-corrected chi connectivity index (χ3v) is 4.10. The van der Waals surface area contributed by atoms with Gasteiger partial charge in [-0.25, -0.2) is 4.39 Å². The number of hydrogen-bond donors (Lipinski definition) is 2. The molecule has 2 rings (SSSR count). The van der Waals surface area contributed by atoms with Crippen LogP contribution in [0.5, 0.6) is 5.75 Å². The van der Waals surface area contributed by atoms with Gasteiger partial charge in [0.25, 0.3) is 0 Å². The Bertz CT molecular complexity index is 413. The van der Waals surface area contributed by atoms with Crippen molar-refractivity contribution in [2.45, 2.75) is 45.6 Å². The van der Waals surface area contributed by atoms with Gasteiger partial charge >= 0.3 is 0 Å². The minimum atomic E-state index is -0.397. The Morgan fingerprint density at radius 1 is 1.39 bits per heavy atom. The minimum Gasteiger partial charge on any atom is -0.508 e. The molecule has 1 aromatic carbocycles. The number of rotatable bonds is 4. The number of benzene rings is 1. The van der Waals surface area contributed by atoms with Crippen molar-refractivity contribution in [3.05, 3.63) is 29.6 Å². The molecular weight excluding hydrogens is 229 g/mol. The van der Waals surface area contributed by atoms with Crippen molar-refractivity contribution >= 4 is 0 Å². The van der Waals surface area contributed by atoms with Crippen LogP contribution in [0.25, 0.3) is 0 Å². The predicted molar refractivity (Wildman–Crippen MR) is 71.1 cm³/mol. The average Bonchev–Trinajstić information content (AvgIpc) is 2.74. The van der Waals surface area contributed by atoms with E-state index in [-0.39, 0.29) is 11.8 Å². The third kappa shape index (κ3) is 3.02. The summed E-state index contributed by atoms with van der Waals surface area (Å²) in [6.07, 6.45) is 5.16. The third-order valence-electron chi connectivity index (χ3n) is 4.10. The van der Waals surface area contributed by atoms with E-state index < -0.39 is 5.82 Å². The monoisotopic (exact) mass is 251 g/mol. The largest absolute Gasteiger partial charge is 0.508 e. The molecule has 1 unspecified atom stereocenters. The van der Waals surface area contributed by atoms with Crippen LogP contribution in [0.2, 0.25) is 0 Å². The summed E-state index contributed by atoms with van der Waals surface area (Å²) in [4.78, 5) is 0. The maximum absolute atomic E-state index is 12.9. The van der Waals surface area contributed by atoms with Gasteiger partial charge in [-0.2, -0.15) is 0 Å². The van der Waals surface area contributed by atoms with Gasteiger partial charge in [0.05, 0.1) is 0 Å². The molecule has 0 radical (unpaired) electrons. The van der Waals surface area contributed by atoms with Gasteiger partial charge in [-0.3, -0.25) is 0 Å². The first-order valence-corrected chi connectivity index (χ1v) is 6.72. The zero-order chi connectivity index (χ0) is 13.2. The zero-order valence-electron chi connectivity index (χ0n) is 11.2. The number of halogens is 1. The molecule has 1 fully saturated rings. The summed E-state index contributed by atoms with van der Waals surface area (Å²) in [5.74, 6) is -0.363. The average molecular weight is 251 g/mol. The summed E-state index contributed by atoms with van der Waals surface area (Å²) in [6.45, 7) is 5.26. The molecule has 0 saturated heterocycles. The van der Waals surface area contributed by atoms with Crippen molar-refractivity contribution in [1.29, 1.82) is 0 Å². The molecule has 1 aliphatic carbocycles. The van der Waals surface area contributed by atoms with Gasteiger partial charge in [0.2, 0.25) is 0 Å². The summed E-state index contributed by atoms with van der Waals surface area (Å²) in [5.41, 5.74) is 1.14. The topological polar surface area (TPSA) is 32.3 Å². The zero-order valence-corrected chi connectivity index (χ0v) is 11.2. The standard InChI is InChI=1S/C15H22FNO/c1-11(13-6-5-12(16)9-14(13)18)17-10-15(2)7-3-4-8-15/h5-6,9,11,17-18H,3-4,7-8,10H2,1-2H3. The molecule has 2 N–H and O–H groups in total. The van der Waals surface area contributed by atoms with Crippen LogP contribution in [-0.2, 0) is 0 Å². The Hall–Kier alpha value is -1.09. The summed E-state index contributed by atoms with van der Waals surface area (Å²) in [5, 5.41) is 13.2. The Balaban J connectivity index is 1.97. The van der Waals surface area contributed by atoms with Crippen molar-refractivity contribution < 1.29 is 9.50 Å². The van der Waals surface area contributed by atoms with Crippen LogP contribution in [-0.4, -0.2) is 11.7 Å². The highest BCUT2D eigenvalue weighted by atomic mass is 19.1. The van der Waals surface area contributed by atoms with Gasteiger partial charge < -0.3 is 10.4 Å². The molecule has 2 nitrogen and oxygen atoms in total. The van der Waals surface area contributed by atoms with E-state index in [4.69, 9.17) is 0 Å². The van der Waals surface area contributed by atoms with Crippen LogP contribution >= 0.6 is 0 Å². The normalized spacial score (nSPS) is 19.9. The van der Waals surface area contributed by atoms with Crippen LogP contribution in [0.1, 0.15) is 51.1 Å². The molecule has 18 heavy (non-hydrogen) atoms. The number of hydrogen-bond acceptors (Lipinski definition) is 2. The molecule has 0 aliphatic heterocycles. The fourth-order valence-corrected chi connectivity index (χ4v) is 2.80. The minimum absolute atomic E-state index is 0.0339. The second kappa shape index (κ2) is 5.27. The van der Waals surface area contributed by atoms with E-state index in [0.29, 0.717) is 5.41 Å². The van der Waals surface area contributed by atoms with Crippen molar-refractivity contribution in [2.24, 2.45) is 5.41 Å². The molecule has 0 heterocycles. The lowest BCUT2D eigenvalue weighted by atomic mass is 9.88. The lowest BCUT2D eigenvalue weighted by Crippen LogP contribution is -2.31. The quantitative estimate of drug-likeness (QED) is 0.854. The Morgan fingerprint density at radius 2 is 2.06 bits per heavy atom. The van der Waals surface area contributed by atoms with Crippen LogP contribution in [0, 0.1) is 11.2 Å². The van der Waals surface area contributed by atoms with Gasteiger partial charge in [0.15, 0.2) is 0 Å². The lowest BCUT2D eigenvalue weighted by molar-refractivity contribution is 0.300. The van der Waals surface area contributed by atoms with Crippen molar-refractivity contribution in [3.8, 4) is 5.75 Å². The second-order valence-electron chi connectivity index (χ2n) is 5.82. The first-order valence-electron chi connectivity index (χ1n) is 6.72. The van der Waals surface area contributed by atoms with Crippen LogP contribution in [0.15, 0.2) is 18.2 Å². The van der Waals surface area contributed by atoms with Gasteiger partial charge in [0, 0.05) is 24.2 Å². The summed E-state index contributed by atoms with van der Waals surface area (Å²) >= 11 is 0. The molecule has 3 heteroatoms. The molecule has 0 spiro atoms. The molecule has 1 atom stereocenters. The number of phenols is 1. The SMILES string of the molecule is CC(NCC1(C)CCCC1)c1ccc(F)cc1O. The fraction of sp³-hybridized carbons (Fsp3) is 0.600. The van der Waals surface area contributed by atoms with Gasteiger partial charge in [0.1, 0.15) is 11.6 Å². The lowest BCUT2D eigenvalue weighted by Gasteiger charge is -2.26. The van der Waals surface area contributed by atoms with E-state index in [2.05, 4.69) is 12.2 Å². The number of nitrogens with one attached hydrogen (secondary N) is 1. The van der Waals surface area contributed by atoms with E-state index in [9.17, 15) is 9.50 Å². The highest BCUT2D eigenvalue weighted by Gasteiger charge is 2.28. The molecule has 0 bridgehead atoms. The Labute approximate surface area is 108 Å². The van der Waals surface area contributed by atoms with Gasteiger partial charge in [-0.05, 0) is 31.2 Å².